The van der Waals surface area contributed by atoms with Gasteiger partial charge in [0.1, 0.15) is 6.61 Å². The average Bonchev–Trinajstić information content (AvgIpc) is 2.55. The summed E-state index contributed by atoms with van der Waals surface area (Å²) in [5.41, 5.74) is 1.87. The first-order chi connectivity index (χ1) is 11.4. The molecule has 0 amide bonds. The van der Waals surface area contributed by atoms with E-state index in [4.69, 9.17) is 37.2 Å². The molecule has 1 fully saturated rings. The van der Waals surface area contributed by atoms with Gasteiger partial charge in [-0.2, -0.15) is 0 Å². The van der Waals surface area contributed by atoms with Gasteiger partial charge in [0.05, 0.1) is 10.0 Å². The Hall–Kier alpha value is -1.20. The van der Waals surface area contributed by atoms with E-state index in [1.165, 1.54) is 0 Å². The fourth-order valence-electron chi connectivity index (χ4n) is 2.47. The molecule has 0 spiro atoms. The zero-order valence-corrected chi connectivity index (χ0v) is 15.2. The SMILES string of the molecule is CC1(C)COB(c2cc(Cl)c(OCc3ccccc3)c(Cl)c2)OC1. The molecule has 0 saturated carbocycles. The lowest BCUT2D eigenvalue weighted by atomic mass is 9.76. The third kappa shape index (κ3) is 4.25. The molecule has 0 aliphatic carbocycles. The minimum Gasteiger partial charge on any atom is -0.486 e. The van der Waals surface area contributed by atoms with E-state index >= 15 is 0 Å². The van der Waals surface area contributed by atoms with Crippen LogP contribution in [-0.4, -0.2) is 20.3 Å². The van der Waals surface area contributed by atoms with Gasteiger partial charge in [-0.25, -0.2) is 0 Å². The standard InChI is InChI=1S/C18H19BCl2O3/c1-18(2)11-23-19(24-12-18)14-8-15(20)17(16(21)9-14)22-10-13-6-4-3-5-7-13/h3-9H,10-12H2,1-2H3. The van der Waals surface area contributed by atoms with Crippen LogP contribution in [0.15, 0.2) is 42.5 Å². The Labute approximate surface area is 153 Å². The van der Waals surface area contributed by atoms with Crippen molar-refractivity contribution in [3.63, 3.8) is 0 Å². The largest absolute Gasteiger partial charge is 0.494 e. The highest BCUT2D eigenvalue weighted by atomic mass is 35.5. The third-order valence-corrected chi connectivity index (χ3v) is 4.33. The van der Waals surface area contributed by atoms with Crippen LogP contribution < -0.4 is 10.2 Å². The molecule has 3 nitrogen and oxygen atoms in total. The smallest absolute Gasteiger partial charge is 0.486 e. The van der Waals surface area contributed by atoms with Crippen LogP contribution in [0.5, 0.6) is 5.75 Å². The van der Waals surface area contributed by atoms with E-state index in [0.29, 0.717) is 35.6 Å². The molecule has 0 unspecified atom stereocenters. The molecule has 0 N–H and O–H groups in total. The van der Waals surface area contributed by atoms with E-state index in [2.05, 4.69) is 13.8 Å². The quantitative estimate of drug-likeness (QED) is 0.755. The van der Waals surface area contributed by atoms with Crippen molar-refractivity contribution in [1.29, 1.82) is 0 Å². The van der Waals surface area contributed by atoms with E-state index in [0.717, 1.165) is 11.0 Å². The van der Waals surface area contributed by atoms with Gasteiger partial charge in [-0.05, 0) is 23.2 Å². The predicted octanol–water partition coefficient (Wildman–Crippen LogP) is 4.34. The first kappa shape index (κ1) is 17.6. The molecular weight excluding hydrogens is 346 g/mol. The second-order valence-electron chi connectivity index (χ2n) is 6.71. The first-order valence-corrected chi connectivity index (χ1v) is 8.59. The second-order valence-corrected chi connectivity index (χ2v) is 7.52. The minimum atomic E-state index is -0.448. The van der Waals surface area contributed by atoms with Gasteiger partial charge in [0.15, 0.2) is 5.75 Å². The molecule has 6 heteroatoms. The van der Waals surface area contributed by atoms with Crippen LogP contribution in [0.25, 0.3) is 0 Å². The van der Waals surface area contributed by atoms with E-state index in [9.17, 15) is 0 Å². The van der Waals surface area contributed by atoms with Gasteiger partial charge in [-0.3, -0.25) is 0 Å². The zero-order chi connectivity index (χ0) is 17.2. The highest BCUT2D eigenvalue weighted by molar-refractivity contribution is 6.62. The van der Waals surface area contributed by atoms with E-state index < -0.39 is 7.12 Å². The molecule has 1 heterocycles. The molecule has 0 bridgehead atoms. The summed E-state index contributed by atoms with van der Waals surface area (Å²) in [5, 5.41) is 0.899. The van der Waals surface area contributed by atoms with Crippen molar-refractivity contribution >= 4 is 35.8 Å². The maximum atomic E-state index is 6.36. The van der Waals surface area contributed by atoms with Gasteiger partial charge in [0, 0.05) is 18.6 Å². The summed E-state index contributed by atoms with van der Waals surface area (Å²) < 4.78 is 17.3. The topological polar surface area (TPSA) is 27.7 Å². The Kier molecular flexibility index (Phi) is 5.41. The fourth-order valence-corrected chi connectivity index (χ4v) is 3.08. The van der Waals surface area contributed by atoms with Gasteiger partial charge in [0.25, 0.3) is 0 Å². The molecule has 24 heavy (non-hydrogen) atoms. The van der Waals surface area contributed by atoms with Crippen LogP contribution >= 0.6 is 23.2 Å². The molecule has 2 aromatic rings. The van der Waals surface area contributed by atoms with Gasteiger partial charge in [-0.1, -0.05) is 67.4 Å². The van der Waals surface area contributed by atoms with Crippen LogP contribution in [0.4, 0.5) is 0 Å². The van der Waals surface area contributed by atoms with Gasteiger partial charge in [-0.15, -0.1) is 0 Å². The van der Waals surface area contributed by atoms with Gasteiger partial charge >= 0.3 is 7.12 Å². The molecule has 1 aliphatic heterocycles. The molecule has 0 radical (unpaired) electrons. The zero-order valence-electron chi connectivity index (χ0n) is 13.7. The van der Waals surface area contributed by atoms with Crippen molar-refractivity contribution in [3.05, 3.63) is 58.1 Å². The molecule has 0 atom stereocenters. The lowest BCUT2D eigenvalue weighted by molar-refractivity contribution is 0.0343. The second kappa shape index (κ2) is 7.36. The molecule has 1 aliphatic rings. The van der Waals surface area contributed by atoms with Crippen molar-refractivity contribution < 1.29 is 14.0 Å². The fraction of sp³-hybridized carbons (Fsp3) is 0.333. The first-order valence-electron chi connectivity index (χ1n) is 7.83. The van der Waals surface area contributed by atoms with E-state index in [-0.39, 0.29) is 5.41 Å². The van der Waals surface area contributed by atoms with Crippen LogP contribution in [0, 0.1) is 5.41 Å². The van der Waals surface area contributed by atoms with Crippen LogP contribution in [-0.2, 0) is 15.9 Å². The van der Waals surface area contributed by atoms with Crippen molar-refractivity contribution in [1.82, 2.24) is 0 Å². The number of ether oxygens (including phenoxy) is 1. The molecule has 3 rings (SSSR count). The van der Waals surface area contributed by atoms with Crippen molar-refractivity contribution in [2.24, 2.45) is 5.41 Å². The van der Waals surface area contributed by atoms with Crippen molar-refractivity contribution in [3.8, 4) is 5.75 Å². The Morgan fingerprint density at radius 3 is 2.21 bits per heavy atom. The summed E-state index contributed by atoms with van der Waals surface area (Å²) in [7, 11) is -0.448. The highest BCUT2D eigenvalue weighted by Gasteiger charge is 2.34. The number of benzene rings is 2. The summed E-state index contributed by atoms with van der Waals surface area (Å²) in [4.78, 5) is 0. The molecule has 0 aromatic heterocycles. The normalized spacial score (nSPS) is 16.9. The maximum absolute atomic E-state index is 6.36. The Balaban J connectivity index is 1.72. The lowest BCUT2D eigenvalue weighted by Crippen LogP contribution is -2.47. The molecular formula is C18H19BCl2O3. The summed E-state index contributed by atoms with van der Waals surface area (Å²) in [5.74, 6) is 0.474. The third-order valence-electron chi connectivity index (χ3n) is 3.77. The number of hydrogen-bond donors (Lipinski definition) is 0. The highest BCUT2D eigenvalue weighted by Crippen LogP contribution is 2.33. The molecule has 126 valence electrons. The maximum Gasteiger partial charge on any atom is 0.494 e. The summed E-state index contributed by atoms with van der Waals surface area (Å²) >= 11 is 12.7. The Morgan fingerprint density at radius 1 is 1.04 bits per heavy atom. The Morgan fingerprint density at radius 2 is 1.62 bits per heavy atom. The average molecular weight is 365 g/mol. The van der Waals surface area contributed by atoms with E-state index in [1.54, 1.807) is 12.1 Å². The van der Waals surface area contributed by atoms with Crippen molar-refractivity contribution in [2.45, 2.75) is 20.5 Å². The van der Waals surface area contributed by atoms with Crippen LogP contribution in [0.2, 0.25) is 10.0 Å². The summed E-state index contributed by atoms with van der Waals surface area (Å²) in [6.45, 7) is 5.86. The molecule has 2 aromatic carbocycles. The summed E-state index contributed by atoms with van der Waals surface area (Å²) in [6, 6.07) is 13.4. The summed E-state index contributed by atoms with van der Waals surface area (Å²) in [6.07, 6.45) is 0. The van der Waals surface area contributed by atoms with Crippen LogP contribution in [0.1, 0.15) is 19.4 Å². The number of halogens is 2. The minimum absolute atomic E-state index is 0.0167. The van der Waals surface area contributed by atoms with Crippen molar-refractivity contribution in [2.75, 3.05) is 13.2 Å². The van der Waals surface area contributed by atoms with E-state index in [1.807, 2.05) is 30.3 Å². The lowest BCUT2D eigenvalue weighted by Gasteiger charge is -2.33. The number of rotatable bonds is 4. The number of hydrogen-bond acceptors (Lipinski definition) is 3. The van der Waals surface area contributed by atoms with Gasteiger partial charge in [0.2, 0.25) is 0 Å². The predicted molar refractivity (Wildman–Crippen MR) is 98.3 cm³/mol. The van der Waals surface area contributed by atoms with Crippen LogP contribution in [0.3, 0.4) is 0 Å². The van der Waals surface area contributed by atoms with Gasteiger partial charge < -0.3 is 14.0 Å². The molecule has 1 saturated heterocycles. The Bertz CT molecular complexity index is 674. The monoisotopic (exact) mass is 364 g/mol.